The molecular weight excluding hydrogens is 388 g/mol. The van der Waals surface area contributed by atoms with E-state index in [4.69, 9.17) is 14.2 Å². The summed E-state index contributed by atoms with van der Waals surface area (Å²) in [7, 11) is 3.46. The normalized spacial score (nSPS) is 22.0. The minimum Gasteiger partial charge on any atom is -0.493 e. The summed E-state index contributed by atoms with van der Waals surface area (Å²) in [5.74, 6) is 1.10. The largest absolute Gasteiger partial charge is 0.493 e. The molecule has 2 fully saturated rings. The van der Waals surface area contributed by atoms with Gasteiger partial charge in [0.15, 0.2) is 11.5 Å². The van der Waals surface area contributed by atoms with Gasteiger partial charge < -0.3 is 29.0 Å². The van der Waals surface area contributed by atoms with E-state index in [0.717, 1.165) is 25.7 Å². The van der Waals surface area contributed by atoms with Crippen molar-refractivity contribution in [2.45, 2.75) is 37.8 Å². The zero-order valence-electron chi connectivity index (χ0n) is 17.4. The summed E-state index contributed by atoms with van der Waals surface area (Å²) in [6, 6.07) is 3.69. The molecule has 162 valence electrons. The van der Waals surface area contributed by atoms with E-state index in [0.29, 0.717) is 48.7 Å². The van der Waals surface area contributed by atoms with Crippen molar-refractivity contribution >= 4 is 16.9 Å². The maximum atomic E-state index is 12.7. The van der Waals surface area contributed by atoms with Gasteiger partial charge >= 0.3 is 6.03 Å². The number of ether oxygens (including phenoxy) is 3. The fourth-order valence-electron chi connectivity index (χ4n) is 4.19. The second-order valence-corrected chi connectivity index (χ2v) is 7.79. The minimum absolute atomic E-state index is 0.00948. The standard InChI is InChI=1S/C21H28N4O5/c1-24(21(27)25-7-9-29-10-8-25)14-3-5-15(6-4-14)30-19-11-16-17(12-18(19)28-2)22-13-23-20(16)26/h11-15H,3-10H2,1-2H3,(H,22,23,26)/t14-,15-. The summed E-state index contributed by atoms with van der Waals surface area (Å²) in [6.45, 7) is 2.51. The first-order valence-electron chi connectivity index (χ1n) is 10.4. The van der Waals surface area contributed by atoms with Gasteiger partial charge in [-0.25, -0.2) is 9.78 Å². The van der Waals surface area contributed by atoms with E-state index < -0.39 is 0 Å². The SMILES string of the molecule is COc1cc2nc[nH]c(=O)c2cc1O[C@H]1CC[C@H](N(C)C(=O)N2CCOCC2)CC1. The molecule has 30 heavy (non-hydrogen) atoms. The summed E-state index contributed by atoms with van der Waals surface area (Å²) in [5.41, 5.74) is 0.356. The molecule has 2 amide bonds. The van der Waals surface area contributed by atoms with Crippen molar-refractivity contribution in [1.29, 1.82) is 0 Å². The Balaban J connectivity index is 1.39. The fraction of sp³-hybridized carbons (Fsp3) is 0.571. The number of aromatic nitrogens is 2. The lowest BCUT2D eigenvalue weighted by molar-refractivity contribution is 0.0369. The van der Waals surface area contributed by atoms with Crippen LogP contribution >= 0.6 is 0 Å². The molecule has 1 aromatic heterocycles. The van der Waals surface area contributed by atoms with Gasteiger partial charge in [-0.2, -0.15) is 0 Å². The number of fused-ring (bicyclic) bond motifs is 1. The fourth-order valence-corrected chi connectivity index (χ4v) is 4.19. The average molecular weight is 416 g/mol. The number of rotatable bonds is 4. The van der Waals surface area contributed by atoms with Crippen LogP contribution in [0.15, 0.2) is 23.3 Å². The maximum Gasteiger partial charge on any atom is 0.320 e. The molecule has 0 atom stereocenters. The highest BCUT2D eigenvalue weighted by molar-refractivity contribution is 5.81. The van der Waals surface area contributed by atoms with Gasteiger partial charge in [0.2, 0.25) is 0 Å². The summed E-state index contributed by atoms with van der Waals surface area (Å²) in [4.78, 5) is 35.3. The molecule has 1 N–H and O–H groups in total. The van der Waals surface area contributed by atoms with E-state index in [1.54, 1.807) is 19.2 Å². The van der Waals surface area contributed by atoms with Crippen molar-refractivity contribution in [3.8, 4) is 11.5 Å². The summed E-state index contributed by atoms with van der Waals surface area (Å²) >= 11 is 0. The first kappa shape index (κ1) is 20.5. The molecule has 9 heteroatoms. The molecule has 2 heterocycles. The number of hydrogen-bond acceptors (Lipinski definition) is 6. The van der Waals surface area contributed by atoms with E-state index in [-0.39, 0.29) is 23.7 Å². The number of nitrogens with one attached hydrogen (secondary N) is 1. The van der Waals surface area contributed by atoms with Crippen LogP contribution in [0.3, 0.4) is 0 Å². The number of nitrogens with zero attached hydrogens (tertiary/aromatic N) is 3. The molecule has 0 spiro atoms. The monoisotopic (exact) mass is 416 g/mol. The number of morpholine rings is 1. The second-order valence-electron chi connectivity index (χ2n) is 7.79. The van der Waals surface area contributed by atoms with Gasteiger partial charge in [0.05, 0.1) is 43.7 Å². The molecule has 9 nitrogen and oxygen atoms in total. The van der Waals surface area contributed by atoms with Crippen LogP contribution in [0.4, 0.5) is 4.79 Å². The molecule has 0 radical (unpaired) electrons. The number of carbonyl (C=O) groups excluding carboxylic acids is 1. The molecule has 2 aliphatic rings. The molecule has 1 aliphatic carbocycles. The number of H-pyrrole nitrogens is 1. The predicted octanol–water partition coefficient (Wildman–Crippen LogP) is 2.01. The highest BCUT2D eigenvalue weighted by Gasteiger charge is 2.30. The Kier molecular flexibility index (Phi) is 6.08. The number of aromatic amines is 1. The van der Waals surface area contributed by atoms with E-state index >= 15 is 0 Å². The molecule has 0 bridgehead atoms. The zero-order chi connectivity index (χ0) is 21.1. The van der Waals surface area contributed by atoms with Crippen molar-refractivity contribution in [1.82, 2.24) is 19.8 Å². The van der Waals surface area contributed by atoms with E-state index in [1.807, 2.05) is 16.8 Å². The van der Waals surface area contributed by atoms with E-state index in [2.05, 4.69) is 9.97 Å². The first-order chi connectivity index (χ1) is 14.6. The number of amides is 2. The van der Waals surface area contributed by atoms with Gasteiger partial charge in [0, 0.05) is 32.2 Å². The summed E-state index contributed by atoms with van der Waals surface area (Å²) in [5, 5.41) is 0.470. The quantitative estimate of drug-likeness (QED) is 0.819. The Morgan fingerprint density at radius 2 is 1.93 bits per heavy atom. The minimum atomic E-state index is -0.209. The van der Waals surface area contributed by atoms with Crippen molar-refractivity contribution in [3.05, 3.63) is 28.8 Å². The van der Waals surface area contributed by atoms with Crippen LogP contribution in [0.2, 0.25) is 0 Å². The van der Waals surface area contributed by atoms with Crippen LogP contribution in [0.25, 0.3) is 10.9 Å². The lowest BCUT2D eigenvalue weighted by atomic mass is 9.92. The van der Waals surface area contributed by atoms with Gasteiger partial charge in [0.25, 0.3) is 5.56 Å². The molecule has 0 unspecified atom stereocenters. The van der Waals surface area contributed by atoms with Crippen LogP contribution in [0, 0.1) is 0 Å². The first-order valence-corrected chi connectivity index (χ1v) is 10.4. The van der Waals surface area contributed by atoms with Crippen LogP contribution < -0.4 is 15.0 Å². The molecular formula is C21H28N4O5. The average Bonchev–Trinajstić information content (AvgIpc) is 2.79. The Morgan fingerprint density at radius 1 is 1.20 bits per heavy atom. The van der Waals surface area contributed by atoms with Crippen molar-refractivity contribution in [3.63, 3.8) is 0 Å². The topological polar surface area (TPSA) is 97.0 Å². The summed E-state index contributed by atoms with van der Waals surface area (Å²) < 4.78 is 17.0. The van der Waals surface area contributed by atoms with E-state index in [1.165, 1.54) is 6.33 Å². The third-order valence-corrected chi connectivity index (χ3v) is 5.99. The highest BCUT2D eigenvalue weighted by atomic mass is 16.5. The smallest absolute Gasteiger partial charge is 0.320 e. The predicted molar refractivity (Wildman–Crippen MR) is 111 cm³/mol. The number of benzene rings is 1. The summed E-state index contributed by atoms with van der Waals surface area (Å²) in [6.07, 6.45) is 4.78. The number of hydrogen-bond donors (Lipinski definition) is 1. The lowest BCUT2D eigenvalue weighted by Crippen LogP contribution is -2.51. The third kappa shape index (κ3) is 4.21. The Labute approximate surface area is 174 Å². The van der Waals surface area contributed by atoms with Crippen LogP contribution in [0.1, 0.15) is 25.7 Å². The van der Waals surface area contributed by atoms with Gasteiger partial charge in [-0.3, -0.25) is 4.79 Å². The Morgan fingerprint density at radius 3 is 2.63 bits per heavy atom. The molecule has 1 saturated heterocycles. The second kappa shape index (κ2) is 8.91. The zero-order valence-corrected chi connectivity index (χ0v) is 17.4. The molecule has 1 saturated carbocycles. The molecule has 4 rings (SSSR count). The Hall–Kier alpha value is -2.81. The van der Waals surface area contributed by atoms with Crippen LogP contribution in [-0.4, -0.2) is 78.4 Å². The molecule has 1 aliphatic heterocycles. The molecule has 2 aromatic rings. The number of urea groups is 1. The number of carbonyl (C=O) groups is 1. The van der Waals surface area contributed by atoms with Gasteiger partial charge in [-0.1, -0.05) is 0 Å². The lowest BCUT2D eigenvalue weighted by Gasteiger charge is -2.38. The van der Waals surface area contributed by atoms with Gasteiger partial charge in [0.1, 0.15) is 0 Å². The van der Waals surface area contributed by atoms with Gasteiger partial charge in [-0.15, -0.1) is 0 Å². The van der Waals surface area contributed by atoms with E-state index in [9.17, 15) is 9.59 Å². The maximum absolute atomic E-state index is 12.7. The van der Waals surface area contributed by atoms with Crippen molar-refractivity contribution in [2.75, 3.05) is 40.5 Å². The van der Waals surface area contributed by atoms with Crippen LogP contribution in [-0.2, 0) is 4.74 Å². The highest BCUT2D eigenvalue weighted by Crippen LogP contribution is 2.34. The third-order valence-electron chi connectivity index (χ3n) is 5.99. The molecule has 1 aromatic carbocycles. The van der Waals surface area contributed by atoms with Gasteiger partial charge in [-0.05, 0) is 31.7 Å². The number of methoxy groups -OCH3 is 1. The van der Waals surface area contributed by atoms with Crippen LogP contribution in [0.5, 0.6) is 11.5 Å². The Bertz CT molecular complexity index is 948. The van der Waals surface area contributed by atoms with Crippen molar-refractivity contribution < 1.29 is 19.0 Å². The van der Waals surface area contributed by atoms with Crippen molar-refractivity contribution in [2.24, 2.45) is 0 Å².